The molecule has 0 heterocycles. The fourth-order valence-electron chi connectivity index (χ4n) is 1.64. The van der Waals surface area contributed by atoms with Crippen molar-refractivity contribution in [3.63, 3.8) is 0 Å². The van der Waals surface area contributed by atoms with E-state index in [0.717, 1.165) is 11.8 Å². The van der Waals surface area contributed by atoms with E-state index >= 15 is 0 Å². The Balaban J connectivity index is 2.10. The molecule has 0 atom stereocenters. The molecule has 0 saturated heterocycles. The summed E-state index contributed by atoms with van der Waals surface area (Å²) in [6.07, 6.45) is 0.105. The third kappa shape index (κ3) is 3.68. The quantitative estimate of drug-likeness (QED) is 0.877. The number of anilines is 2. The molecule has 0 bridgehead atoms. The molecule has 0 aliphatic rings. The lowest BCUT2D eigenvalue weighted by Gasteiger charge is -2.11. The van der Waals surface area contributed by atoms with Gasteiger partial charge in [0.2, 0.25) is 0 Å². The van der Waals surface area contributed by atoms with Gasteiger partial charge in [0, 0.05) is 11.8 Å². The Morgan fingerprint density at radius 2 is 1.68 bits per heavy atom. The minimum Gasteiger partial charge on any atom is -0.491 e. The summed E-state index contributed by atoms with van der Waals surface area (Å²) < 4.78 is 31.7. The number of nitrogens with one attached hydrogen (secondary N) is 1. The summed E-state index contributed by atoms with van der Waals surface area (Å²) in [5.74, 6) is -0.466. The molecular formula is C15H15F2NO. The van der Waals surface area contributed by atoms with E-state index in [1.165, 1.54) is 12.1 Å². The highest BCUT2D eigenvalue weighted by atomic mass is 19.1. The number of rotatable bonds is 4. The predicted molar refractivity (Wildman–Crippen MR) is 71.8 cm³/mol. The molecule has 0 aliphatic heterocycles. The molecule has 100 valence electrons. The lowest BCUT2D eigenvalue weighted by molar-refractivity contribution is 0.242. The fourth-order valence-corrected chi connectivity index (χ4v) is 1.64. The van der Waals surface area contributed by atoms with Gasteiger partial charge in [-0.15, -0.1) is 0 Å². The largest absolute Gasteiger partial charge is 0.491 e. The van der Waals surface area contributed by atoms with Gasteiger partial charge >= 0.3 is 0 Å². The monoisotopic (exact) mass is 263 g/mol. The molecule has 0 aliphatic carbocycles. The van der Waals surface area contributed by atoms with E-state index in [0.29, 0.717) is 5.69 Å². The van der Waals surface area contributed by atoms with Crippen LogP contribution in [-0.2, 0) is 0 Å². The number of hydrogen-bond donors (Lipinski definition) is 1. The maximum atomic E-state index is 13.5. The molecule has 0 unspecified atom stereocenters. The van der Waals surface area contributed by atoms with Crippen molar-refractivity contribution < 1.29 is 13.5 Å². The van der Waals surface area contributed by atoms with Crippen LogP contribution >= 0.6 is 0 Å². The van der Waals surface area contributed by atoms with Crippen LogP contribution in [0.5, 0.6) is 5.75 Å². The smallest absolute Gasteiger partial charge is 0.149 e. The lowest BCUT2D eigenvalue weighted by atomic mass is 10.2. The Bertz CT molecular complexity index is 553. The normalized spacial score (nSPS) is 10.6. The van der Waals surface area contributed by atoms with Gasteiger partial charge in [-0.1, -0.05) is 0 Å². The first kappa shape index (κ1) is 13.3. The van der Waals surface area contributed by atoms with Gasteiger partial charge < -0.3 is 10.1 Å². The zero-order chi connectivity index (χ0) is 13.8. The van der Waals surface area contributed by atoms with Crippen molar-refractivity contribution in [1.29, 1.82) is 0 Å². The van der Waals surface area contributed by atoms with Crippen molar-refractivity contribution in [3.05, 3.63) is 54.1 Å². The number of benzene rings is 2. The maximum Gasteiger partial charge on any atom is 0.149 e. The predicted octanol–water partition coefficient (Wildman–Crippen LogP) is 4.50. The Kier molecular flexibility index (Phi) is 4.00. The molecule has 0 fully saturated rings. The van der Waals surface area contributed by atoms with Gasteiger partial charge in [-0.3, -0.25) is 0 Å². The maximum absolute atomic E-state index is 13.5. The van der Waals surface area contributed by atoms with Crippen molar-refractivity contribution in [3.8, 4) is 5.75 Å². The Hall–Kier alpha value is -2.10. The van der Waals surface area contributed by atoms with E-state index < -0.39 is 11.6 Å². The van der Waals surface area contributed by atoms with Crippen LogP contribution in [0.15, 0.2) is 42.5 Å². The molecule has 1 N–H and O–H groups in total. The highest BCUT2D eigenvalue weighted by Gasteiger charge is 2.04. The van der Waals surface area contributed by atoms with Gasteiger partial charge in [-0.25, -0.2) is 8.78 Å². The van der Waals surface area contributed by atoms with E-state index in [1.54, 1.807) is 24.3 Å². The van der Waals surface area contributed by atoms with Crippen molar-refractivity contribution in [2.24, 2.45) is 0 Å². The van der Waals surface area contributed by atoms with Gasteiger partial charge in [-0.2, -0.15) is 0 Å². The third-order valence-electron chi connectivity index (χ3n) is 2.44. The van der Waals surface area contributed by atoms with Crippen molar-refractivity contribution in [2.45, 2.75) is 20.0 Å². The molecule has 19 heavy (non-hydrogen) atoms. The molecule has 2 aromatic carbocycles. The molecule has 2 rings (SSSR count). The summed E-state index contributed by atoms with van der Waals surface area (Å²) >= 11 is 0. The Morgan fingerprint density at radius 3 is 2.26 bits per heavy atom. The highest BCUT2D eigenvalue weighted by Crippen LogP contribution is 2.23. The van der Waals surface area contributed by atoms with Crippen LogP contribution in [0.3, 0.4) is 0 Å². The van der Waals surface area contributed by atoms with Crippen molar-refractivity contribution in [2.75, 3.05) is 5.32 Å². The number of ether oxygens (including phenoxy) is 1. The summed E-state index contributed by atoms with van der Waals surface area (Å²) in [5.41, 5.74) is 0.945. The average Bonchev–Trinajstić information content (AvgIpc) is 2.34. The molecule has 0 spiro atoms. The van der Waals surface area contributed by atoms with E-state index in [9.17, 15) is 8.78 Å². The van der Waals surface area contributed by atoms with E-state index in [1.807, 2.05) is 13.8 Å². The van der Waals surface area contributed by atoms with E-state index in [2.05, 4.69) is 5.32 Å². The topological polar surface area (TPSA) is 21.3 Å². The van der Waals surface area contributed by atoms with Crippen LogP contribution in [0.4, 0.5) is 20.2 Å². The third-order valence-corrected chi connectivity index (χ3v) is 2.44. The standard InChI is InChI=1S/C15H15F2NO/c1-10(2)19-13-6-4-12(5-7-13)18-15-8-3-11(16)9-14(15)17/h3-10,18H,1-2H3. The molecule has 4 heteroatoms. The van der Waals surface area contributed by atoms with Crippen LogP contribution in [-0.4, -0.2) is 6.10 Å². The van der Waals surface area contributed by atoms with Gasteiger partial charge in [-0.05, 0) is 50.2 Å². The van der Waals surface area contributed by atoms with Gasteiger partial charge in [0.25, 0.3) is 0 Å². The van der Waals surface area contributed by atoms with Crippen molar-refractivity contribution in [1.82, 2.24) is 0 Å². The molecule has 0 radical (unpaired) electrons. The first-order valence-electron chi connectivity index (χ1n) is 6.03. The van der Waals surface area contributed by atoms with Crippen LogP contribution in [0.2, 0.25) is 0 Å². The van der Waals surface area contributed by atoms with Gasteiger partial charge in [0.15, 0.2) is 0 Å². The van der Waals surface area contributed by atoms with Crippen LogP contribution in [0, 0.1) is 11.6 Å². The first-order valence-corrected chi connectivity index (χ1v) is 6.03. The summed E-state index contributed by atoms with van der Waals surface area (Å²) in [6.45, 7) is 3.89. The average molecular weight is 263 g/mol. The first-order chi connectivity index (χ1) is 9.04. The van der Waals surface area contributed by atoms with E-state index in [4.69, 9.17) is 4.74 Å². The van der Waals surface area contributed by atoms with Gasteiger partial charge in [0.1, 0.15) is 17.4 Å². The molecule has 0 amide bonds. The molecule has 2 nitrogen and oxygen atoms in total. The molecule has 0 saturated carbocycles. The minimum absolute atomic E-state index is 0.105. The fraction of sp³-hybridized carbons (Fsp3) is 0.200. The zero-order valence-corrected chi connectivity index (χ0v) is 10.8. The van der Waals surface area contributed by atoms with Crippen LogP contribution in [0.25, 0.3) is 0 Å². The summed E-state index contributed by atoms with van der Waals surface area (Å²) in [6, 6.07) is 10.6. The minimum atomic E-state index is -0.623. The summed E-state index contributed by atoms with van der Waals surface area (Å²) in [5, 5.41) is 2.88. The van der Waals surface area contributed by atoms with E-state index in [-0.39, 0.29) is 11.8 Å². The lowest BCUT2D eigenvalue weighted by Crippen LogP contribution is -2.05. The van der Waals surface area contributed by atoms with Crippen molar-refractivity contribution >= 4 is 11.4 Å². The van der Waals surface area contributed by atoms with Crippen LogP contribution < -0.4 is 10.1 Å². The SMILES string of the molecule is CC(C)Oc1ccc(Nc2ccc(F)cc2F)cc1. The molecule has 2 aromatic rings. The second-order valence-electron chi connectivity index (χ2n) is 4.44. The second-order valence-corrected chi connectivity index (χ2v) is 4.44. The summed E-state index contributed by atoms with van der Waals surface area (Å²) in [7, 11) is 0. The zero-order valence-electron chi connectivity index (χ0n) is 10.8. The highest BCUT2D eigenvalue weighted by molar-refractivity contribution is 5.60. The van der Waals surface area contributed by atoms with Gasteiger partial charge in [0.05, 0.1) is 11.8 Å². The molecule has 0 aromatic heterocycles. The Morgan fingerprint density at radius 1 is 1.00 bits per heavy atom. The summed E-state index contributed by atoms with van der Waals surface area (Å²) in [4.78, 5) is 0. The number of halogens is 2. The molecular weight excluding hydrogens is 248 g/mol. The number of hydrogen-bond acceptors (Lipinski definition) is 2. The van der Waals surface area contributed by atoms with Crippen LogP contribution in [0.1, 0.15) is 13.8 Å². The Labute approximate surface area is 111 Å². The second kappa shape index (κ2) is 5.69.